The van der Waals surface area contributed by atoms with Crippen molar-refractivity contribution in [1.29, 1.82) is 0 Å². The minimum absolute atomic E-state index is 0.0561. The van der Waals surface area contributed by atoms with Gasteiger partial charge in [-0.05, 0) is 19.9 Å². The molecule has 2 rings (SSSR count). The van der Waals surface area contributed by atoms with Gasteiger partial charge in [-0.15, -0.1) is 0 Å². The van der Waals surface area contributed by atoms with Crippen LogP contribution < -0.4 is 10.6 Å². The Morgan fingerprint density at radius 3 is 2.53 bits per heavy atom. The van der Waals surface area contributed by atoms with Crippen LogP contribution >= 0.6 is 11.6 Å². The Morgan fingerprint density at radius 2 is 1.94 bits per heavy atom. The molecule has 1 fully saturated rings. The monoisotopic (exact) mass is 258 g/mol. The van der Waals surface area contributed by atoms with Crippen molar-refractivity contribution in [2.24, 2.45) is 0 Å². The molecule has 0 saturated carbocycles. The number of benzene rings is 1. The standard InChI is InChI=1S/C12H16ClFN2O/c1-7-5-16(6-8(2)17-7)12-4-10(14)9(13)3-11(12)15/h3-4,7-8H,5-6,15H2,1-2H3. The van der Waals surface area contributed by atoms with Crippen molar-refractivity contribution in [1.82, 2.24) is 0 Å². The van der Waals surface area contributed by atoms with E-state index < -0.39 is 5.82 Å². The highest BCUT2D eigenvalue weighted by molar-refractivity contribution is 6.31. The van der Waals surface area contributed by atoms with Crippen LogP contribution in [0.3, 0.4) is 0 Å². The number of nitrogens with zero attached hydrogens (tertiary/aromatic N) is 1. The van der Waals surface area contributed by atoms with Crippen molar-refractivity contribution in [3.63, 3.8) is 0 Å². The summed E-state index contributed by atoms with van der Waals surface area (Å²) in [6.45, 7) is 5.39. The lowest BCUT2D eigenvalue weighted by atomic mass is 10.1. The minimum Gasteiger partial charge on any atom is -0.397 e. The molecule has 0 bridgehead atoms. The van der Waals surface area contributed by atoms with E-state index in [4.69, 9.17) is 22.1 Å². The van der Waals surface area contributed by atoms with Crippen LogP contribution in [0.1, 0.15) is 13.8 Å². The number of nitrogen functional groups attached to an aromatic ring is 1. The van der Waals surface area contributed by atoms with E-state index in [1.165, 1.54) is 12.1 Å². The second-order valence-corrected chi connectivity index (χ2v) is 4.89. The normalized spacial score (nSPS) is 25.1. The number of morpholine rings is 1. The van der Waals surface area contributed by atoms with Gasteiger partial charge in [0.2, 0.25) is 0 Å². The summed E-state index contributed by atoms with van der Waals surface area (Å²) in [5.74, 6) is -0.442. The molecule has 94 valence electrons. The molecule has 5 heteroatoms. The highest BCUT2D eigenvalue weighted by Gasteiger charge is 2.24. The lowest BCUT2D eigenvalue weighted by Crippen LogP contribution is -2.45. The lowest BCUT2D eigenvalue weighted by Gasteiger charge is -2.37. The Bertz CT molecular complexity index is 417. The van der Waals surface area contributed by atoms with Crippen LogP contribution in [0.4, 0.5) is 15.8 Å². The fraction of sp³-hybridized carbons (Fsp3) is 0.500. The number of anilines is 2. The predicted molar refractivity (Wildman–Crippen MR) is 68.0 cm³/mol. The van der Waals surface area contributed by atoms with Gasteiger partial charge in [-0.2, -0.15) is 0 Å². The van der Waals surface area contributed by atoms with E-state index in [2.05, 4.69) is 0 Å². The summed E-state index contributed by atoms with van der Waals surface area (Å²) in [5, 5.41) is 0.0561. The molecule has 3 nitrogen and oxygen atoms in total. The van der Waals surface area contributed by atoms with Gasteiger partial charge < -0.3 is 15.4 Å². The van der Waals surface area contributed by atoms with Crippen molar-refractivity contribution < 1.29 is 9.13 Å². The Balaban J connectivity index is 2.30. The quantitative estimate of drug-likeness (QED) is 0.787. The molecule has 1 heterocycles. The predicted octanol–water partition coefficient (Wildman–Crippen LogP) is 2.67. The van der Waals surface area contributed by atoms with E-state index in [9.17, 15) is 4.39 Å². The van der Waals surface area contributed by atoms with Gasteiger partial charge >= 0.3 is 0 Å². The Hall–Kier alpha value is -1.00. The second kappa shape index (κ2) is 4.70. The zero-order valence-electron chi connectivity index (χ0n) is 9.91. The molecular weight excluding hydrogens is 243 g/mol. The Labute approximate surface area is 105 Å². The third kappa shape index (κ3) is 2.64. The van der Waals surface area contributed by atoms with Gasteiger partial charge in [0, 0.05) is 19.2 Å². The third-order valence-corrected chi connectivity index (χ3v) is 3.12. The number of nitrogens with two attached hydrogens (primary N) is 1. The summed E-state index contributed by atoms with van der Waals surface area (Å²) in [6.07, 6.45) is 0.216. The fourth-order valence-corrected chi connectivity index (χ4v) is 2.37. The van der Waals surface area contributed by atoms with Crippen molar-refractivity contribution in [2.45, 2.75) is 26.1 Å². The first-order chi connectivity index (χ1) is 7.97. The zero-order chi connectivity index (χ0) is 12.6. The molecule has 2 unspecified atom stereocenters. The third-order valence-electron chi connectivity index (χ3n) is 2.83. The fourth-order valence-electron chi connectivity index (χ4n) is 2.20. The number of halogens is 2. The summed E-state index contributed by atoms with van der Waals surface area (Å²) in [7, 11) is 0. The summed E-state index contributed by atoms with van der Waals surface area (Å²) < 4.78 is 19.1. The average Bonchev–Trinajstić information content (AvgIpc) is 2.22. The first-order valence-electron chi connectivity index (χ1n) is 5.62. The van der Waals surface area contributed by atoms with Crippen LogP contribution in [-0.4, -0.2) is 25.3 Å². The molecule has 0 radical (unpaired) electrons. The summed E-state index contributed by atoms with van der Waals surface area (Å²) in [4.78, 5) is 2.04. The topological polar surface area (TPSA) is 38.5 Å². The molecule has 1 aliphatic rings. The highest BCUT2D eigenvalue weighted by Crippen LogP contribution is 2.31. The van der Waals surface area contributed by atoms with Gasteiger partial charge in [-0.25, -0.2) is 4.39 Å². The van der Waals surface area contributed by atoms with Gasteiger partial charge in [0.05, 0.1) is 28.6 Å². The molecular formula is C12H16ClFN2O. The van der Waals surface area contributed by atoms with E-state index in [1.54, 1.807) is 0 Å². The average molecular weight is 259 g/mol. The van der Waals surface area contributed by atoms with E-state index >= 15 is 0 Å². The molecule has 1 saturated heterocycles. The van der Waals surface area contributed by atoms with Gasteiger partial charge in [-0.3, -0.25) is 0 Å². The SMILES string of the molecule is CC1CN(c2cc(F)c(Cl)cc2N)CC(C)O1. The van der Waals surface area contributed by atoms with Crippen molar-refractivity contribution >= 4 is 23.0 Å². The first-order valence-corrected chi connectivity index (χ1v) is 6.00. The molecule has 2 N–H and O–H groups in total. The van der Waals surface area contributed by atoms with Crippen LogP contribution in [0.25, 0.3) is 0 Å². The summed E-state index contributed by atoms with van der Waals surface area (Å²) >= 11 is 5.68. The van der Waals surface area contributed by atoms with E-state index in [-0.39, 0.29) is 17.2 Å². The van der Waals surface area contributed by atoms with E-state index in [0.29, 0.717) is 24.5 Å². The van der Waals surface area contributed by atoms with E-state index in [0.717, 1.165) is 0 Å². The van der Waals surface area contributed by atoms with Crippen molar-refractivity contribution in [3.05, 3.63) is 23.0 Å². The molecule has 1 aliphatic heterocycles. The van der Waals surface area contributed by atoms with Crippen LogP contribution in [0, 0.1) is 5.82 Å². The maximum atomic E-state index is 13.5. The van der Waals surface area contributed by atoms with Gasteiger partial charge in [0.15, 0.2) is 0 Å². The Morgan fingerprint density at radius 1 is 1.35 bits per heavy atom. The molecule has 0 aliphatic carbocycles. The smallest absolute Gasteiger partial charge is 0.144 e. The highest BCUT2D eigenvalue weighted by atomic mass is 35.5. The molecule has 17 heavy (non-hydrogen) atoms. The van der Waals surface area contributed by atoms with Gasteiger partial charge in [-0.1, -0.05) is 11.6 Å². The maximum absolute atomic E-state index is 13.5. The molecule has 0 spiro atoms. The lowest BCUT2D eigenvalue weighted by molar-refractivity contribution is -0.00518. The maximum Gasteiger partial charge on any atom is 0.144 e. The summed E-state index contributed by atoms with van der Waals surface area (Å²) in [5.41, 5.74) is 7.07. The molecule has 1 aromatic carbocycles. The van der Waals surface area contributed by atoms with Crippen LogP contribution in [0.2, 0.25) is 5.02 Å². The van der Waals surface area contributed by atoms with Crippen LogP contribution in [-0.2, 0) is 4.74 Å². The number of ether oxygens (including phenoxy) is 1. The minimum atomic E-state index is -0.442. The number of hydrogen-bond acceptors (Lipinski definition) is 3. The largest absolute Gasteiger partial charge is 0.397 e. The molecule has 2 atom stereocenters. The second-order valence-electron chi connectivity index (χ2n) is 4.49. The molecule has 0 aromatic heterocycles. The van der Waals surface area contributed by atoms with Gasteiger partial charge in [0.25, 0.3) is 0 Å². The van der Waals surface area contributed by atoms with Crippen LogP contribution in [0.15, 0.2) is 12.1 Å². The molecule has 1 aromatic rings. The molecule has 0 amide bonds. The number of hydrogen-bond donors (Lipinski definition) is 1. The van der Waals surface area contributed by atoms with E-state index in [1.807, 2.05) is 18.7 Å². The summed E-state index contributed by atoms with van der Waals surface area (Å²) in [6, 6.07) is 2.85. The number of rotatable bonds is 1. The zero-order valence-corrected chi connectivity index (χ0v) is 10.7. The van der Waals surface area contributed by atoms with Crippen molar-refractivity contribution in [3.8, 4) is 0 Å². The Kier molecular flexibility index (Phi) is 3.45. The van der Waals surface area contributed by atoms with Gasteiger partial charge in [0.1, 0.15) is 5.82 Å². The van der Waals surface area contributed by atoms with Crippen molar-refractivity contribution in [2.75, 3.05) is 23.7 Å². The first kappa shape index (κ1) is 12.5. The van der Waals surface area contributed by atoms with Crippen LogP contribution in [0.5, 0.6) is 0 Å².